The third-order valence-corrected chi connectivity index (χ3v) is 3.73. The van der Waals surface area contributed by atoms with Gasteiger partial charge in [-0.2, -0.15) is 0 Å². The Balaban J connectivity index is 2.49. The third kappa shape index (κ3) is 2.25. The van der Waals surface area contributed by atoms with Gasteiger partial charge in [-0.05, 0) is 32.5 Å². The van der Waals surface area contributed by atoms with Crippen molar-refractivity contribution in [3.8, 4) is 5.75 Å². The van der Waals surface area contributed by atoms with Gasteiger partial charge in [0.25, 0.3) is 0 Å². The van der Waals surface area contributed by atoms with E-state index in [2.05, 4.69) is 44.7 Å². The number of aliphatic hydroxyl groups is 1. The first kappa shape index (κ1) is 13.4. The molecule has 1 heterocycles. The molecule has 0 bridgehead atoms. The Morgan fingerprint density at radius 2 is 1.94 bits per heavy atom. The number of fused-ring (bicyclic) bond motifs is 1. The molecule has 3 heteroatoms. The van der Waals surface area contributed by atoms with E-state index in [0.717, 1.165) is 30.0 Å². The Hall–Kier alpha value is -1.06. The molecule has 0 aliphatic carbocycles. The van der Waals surface area contributed by atoms with Crippen molar-refractivity contribution < 1.29 is 9.84 Å². The molecule has 1 aromatic rings. The van der Waals surface area contributed by atoms with E-state index in [1.165, 1.54) is 5.56 Å². The second kappa shape index (κ2) is 5.29. The highest BCUT2D eigenvalue weighted by atomic mass is 16.5. The maximum atomic E-state index is 10.3. The molecular formula is C15H23NO2. The van der Waals surface area contributed by atoms with Gasteiger partial charge in [-0.25, -0.2) is 0 Å². The molecule has 18 heavy (non-hydrogen) atoms. The minimum absolute atomic E-state index is 0.0577. The van der Waals surface area contributed by atoms with E-state index in [1.807, 2.05) is 0 Å². The van der Waals surface area contributed by atoms with Gasteiger partial charge in [0.15, 0.2) is 0 Å². The molecule has 1 aromatic carbocycles. The van der Waals surface area contributed by atoms with Crippen LogP contribution < -0.4 is 4.74 Å². The largest absolute Gasteiger partial charge is 0.490 e. The standard InChI is InChI=1S/C15H23NO2/c1-5-16(6-2)14-12-8-10(3)7-11(4)15(12)18-9-13(14)17/h7-8,13-14,17H,5-6,9H2,1-4H3. The zero-order chi connectivity index (χ0) is 13.3. The number of likely N-dealkylation sites (N-methyl/N-ethyl adjacent to an activating group) is 1. The van der Waals surface area contributed by atoms with Crippen LogP contribution in [0.2, 0.25) is 0 Å². The van der Waals surface area contributed by atoms with E-state index < -0.39 is 6.10 Å². The fourth-order valence-corrected chi connectivity index (χ4v) is 2.93. The van der Waals surface area contributed by atoms with Gasteiger partial charge in [0.2, 0.25) is 0 Å². The van der Waals surface area contributed by atoms with Gasteiger partial charge >= 0.3 is 0 Å². The summed E-state index contributed by atoms with van der Waals surface area (Å²) in [6, 6.07) is 4.34. The second-order valence-corrected chi connectivity index (χ2v) is 5.04. The van der Waals surface area contributed by atoms with Gasteiger partial charge < -0.3 is 9.84 Å². The number of nitrogens with zero attached hydrogens (tertiary/aromatic N) is 1. The highest BCUT2D eigenvalue weighted by Crippen LogP contribution is 2.38. The normalized spacial score (nSPS) is 22.8. The van der Waals surface area contributed by atoms with Crippen LogP contribution >= 0.6 is 0 Å². The molecule has 1 aliphatic heterocycles. The van der Waals surface area contributed by atoms with Crippen LogP contribution in [-0.2, 0) is 0 Å². The average molecular weight is 249 g/mol. The first-order valence-electron chi connectivity index (χ1n) is 6.74. The van der Waals surface area contributed by atoms with Crippen LogP contribution in [0.1, 0.15) is 36.6 Å². The van der Waals surface area contributed by atoms with Crippen molar-refractivity contribution in [1.82, 2.24) is 4.90 Å². The monoisotopic (exact) mass is 249 g/mol. The number of ether oxygens (including phenoxy) is 1. The van der Waals surface area contributed by atoms with Crippen LogP contribution in [-0.4, -0.2) is 35.8 Å². The summed E-state index contributed by atoms with van der Waals surface area (Å²) >= 11 is 0. The summed E-state index contributed by atoms with van der Waals surface area (Å²) in [5.41, 5.74) is 3.52. The van der Waals surface area contributed by atoms with Crippen LogP contribution in [0.3, 0.4) is 0 Å². The fourth-order valence-electron chi connectivity index (χ4n) is 2.93. The molecule has 3 nitrogen and oxygen atoms in total. The molecular weight excluding hydrogens is 226 g/mol. The molecule has 0 spiro atoms. The third-order valence-electron chi connectivity index (χ3n) is 3.73. The summed E-state index contributed by atoms with van der Waals surface area (Å²) in [6.45, 7) is 10.7. The van der Waals surface area contributed by atoms with E-state index in [-0.39, 0.29) is 6.04 Å². The van der Waals surface area contributed by atoms with Crippen molar-refractivity contribution in [3.63, 3.8) is 0 Å². The SMILES string of the molecule is CCN(CC)C1c2cc(C)cc(C)c2OCC1O. The van der Waals surface area contributed by atoms with Crippen molar-refractivity contribution >= 4 is 0 Å². The maximum absolute atomic E-state index is 10.3. The Bertz CT molecular complexity index is 427. The molecule has 0 aromatic heterocycles. The molecule has 1 aliphatic rings. The number of aryl methyl sites for hydroxylation is 2. The summed E-state index contributed by atoms with van der Waals surface area (Å²) in [5.74, 6) is 0.961. The van der Waals surface area contributed by atoms with E-state index in [9.17, 15) is 5.11 Å². The predicted octanol–water partition coefficient (Wildman–Crippen LogP) is 2.44. The van der Waals surface area contributed by atoms with E-state index in [1.54, 1.807) is 0 Å². The zero-order valence-electron chi connectivity index (χ0n) is 11.7. The Morgan fingerprint density at radius 3 is 2.56 bits per heavy atom. The topological polar surface area (TPSA) is 32.7 Å². The van der Waals surface area contributed by atoms with Crippen LogP contribution in [0.15, 0.2) is 12.1 Å². The fraction of sp³-hybridized carbons (Fsp3) is 0.600. The van der Waals surface area contributed by atoms with Crippen LogP contribution in [0.4, 0.5) is 0 Å². The summed E-state index contributed by atoms with van der Waals surface area (Å²) in [4.78, 5) is 2.30. The van der Waals surface area contributed by atoms with Gasteiger partial charge in [0.1, 0.15) is 18.5 Å². The number of hydrogen-bond acceptors (Lipinski definition) is 3. The number of hydrogen-bond donors (Lipinski definition) is 1. The smallest absolute Gasteiger partial charge is 0.127 e. The number of aliphatic hydroxyl groups excluding tert-OH is 1. The van der Waals surface area contributed by atoms with Crippen molar-refractivity contribution in [2.75, 3.05) is 19.7 Å². The van der Waals surface area contributed by atoms with E-state index in [4.69, 9.17) is 4.74 Å². The molecule has 2 unspecified atom stereocenters. The van der Waals surface area contributed by atoms with Gasteiger partial charge in [0.05, 0.1) is 6.04 Å². The molecule has 2 rings (SSSR count). The molecule has 100 valence electrons. The highest BCUT2D eigenvalue weighted by Gasteiger charge is 2.33. The lowest BCUT2D eigenvalue weighted by molar-refractivity contribution is 0.00334. The van der Waals surface area contributed by atoms with Crippen molar-refractivity contribution in [1.29, 1.82) is 0 Å². The Morgan fingerprint density at radius 1 is 1.28 bits per heavy atom. The summed E-state index contributed by atoms with van der Waals surface area (Å²) < 4.78 is 5.71. The van der Waals surface area contributed by atoms with E-state index in [0.29, 0.717) is 6.61 Å². The van der Waals surface area contributed by atoms with Crippen molar-refractivity contribution in [3.05, 3.63) is 28.8 Å². The van der Waals surface area contributed by atoms with Crippen LogP contribution in [0.5, 0.6) is 5.75 Å². The lowest BCUT2D eigenvalue weighted by Crippen LogP contribution is -2.42. The molecule has 0 radical (unpaired) electrons. The molecule has 0 amide bonds. The van der Waals surface area contributed by atoms with Crippen molar-refractivity contribution in [2.24, 2.45) is 0 Å². The van der Waals surface area contributed by atoms with Crippen LogP contribution in [0.25, 0.3) is 0 Å². The first-order chi connectivity index (χ1) is 8.58. The molecule has 0 saturated heterocycles. The lowest BCUT2D eigenvalue weighted by Gasteiger charge is -2.38. The minimum Gasteiger partial charge on any atom is -0.490 e. The summed E-state index contributed by atoms with van der Waals surface area (Å²) in [6.07, 6.45) is -0.446. The van der Waals surface area contributed by atoms with Gasteiger partial charge in [-0.15, -0.1) is 0 Å². The number of rotatable bonds is 3. The summed E-state index contributed by atoms with van der Waals surface area (Å²) in [5, 5.41) is 10.3. The molecule has 0 fully saturated rings. The molecule has 2 atom stereocenters. The van der Waals surface area contributed by atoms with Gasteiger partial charge in [-0.3, -0.25) is 4.90 Å². The maximum Gasteiger partial charge on any atom is 0.127 e. The second-order valence-electron chi connectivity index (χ2n) is 5.04. The van der Waals surface area contributed by atoms with Gasteiger partial charge in [-0.1, -0.05) is 31.5 Å². The predicted molar refractivity (Wildman–Crippen MR) is 73.1 cm³/mol. The van der Waals surface area contributed by atoms with Crippen LogP contribution in [0, 0.1) is 13.8 Å². The molecule has 1 N–H and O–H groups in total. The quantitative estimate of drug-likeness (QED) is 0.893. The Kier molecular flexibility index (Phi) is 3.93. The van der Waals surface area contributed by atoms with Crippen molar-refractivity contribution in [2.45, 2.75) is 39.8 Å². The van der Waals surface area contributed by atoms with E-state index >= 15 is 0 Å². The minimum atomic E-state index is -0.446. The Labute approximate surface area is 109 Å². The lowest BCUT2D eigenvalue weighted by atomic mass is 9.93. The first-order valence-corrected chi connectivity index (χ1v) is 6.74. The molecule has 0 saturated carbocycles. The number of benzene rings is 1. The van der Waals surface area contributed by atoms with Gasteiger partial charge in [0, 0.05) is 5.56 Å². The summed E-state index contributed by atoms with van der Waals surface area (Å²) in [7, 11) is 0. The average Bonchev–Trinajstić information content (AvgIpc) is 2.33. The zero-order valence-corrected chi connectivity index (χ0v) is 11.7. The highest BCUT2D eigenvalue weighted by molar-refractivity contribution is 5.47.